The minimum atomic E-state index is -5.29. The number of anilines is 1. The highest BCUT2D eigenvalue weighted by Gasteiger charge is 2.64. The van der Waals surface area contributed by atoms with Crippen molar-refractivity contribution in [3.8, 4) is 0 Å². The van der Waals surface area contributed by atoms with Gasteiger partial charge in [0.05, 0.1) is 6.61 Å². The Morgan fingerprint density at radius 1 is 1.16 bits per heavy atom. The molecule has 140 valence electrons. The van der Waals surface area contributed by atoms with Gasteiger partial charge in [0.15, 0.2) is 0 Å². The van der Waals surface area contributed by atoms with Gasteiger partial charge in [0.25, 0.3) is 0 Å². The van der Waals surface area contributed by atoms with Crippen LogP contribution in [0.25, 0.3) is 0 Å². The number of esters is 1. The van der Waals surface area contributed by atoms with E-state index in [0.29, 0.717) is 5.56 Å². The van der Waals surface area contributed by atoms with Crippen LogP contribution in [0, 0.1) is 12.7 Å². The summed E-state index contributed by atoms with van der Waals surface area (Å²) in [5, 5.41) is 3.51. The molecule has 0 aliphatic carbocycles. The second-order valence-electron chi connectivity index (χ2n) is 4.87. The number of amides is 2. The van der Waals surface area contributed by atoms with E-state index in [-0.39, 0.29) is 12.3 Å². The number of aryl methyl sites for hydroxylation is 1. The van der Waals surface area contributed by atoms with Crippen molar-refractivity contribution >= 4 is 17.7 Å². The Morgan fingerprint density at radius 2 is 1.80 bits per heavy atom. The van der Waals surface area contributed by atoms with Crippen molar-refractivity contribution in [2.75, 3.05) is 18.5 Å². The Labute approximate surface area is 141 Å². The molecule has 0 unspecified atom stereocenters. The van der Waals surface area contributed by atoms with Crippen LogP contribution in [-0.2, 0) is 14.3 Å². The molecule has 2 N–H and O–H groups in total. The van der Waals surface area contributed by atoms with Crippen molar-refractivity contribution in [3.63, 3.8) is 0 Å². The first-order valence-corrected chi connectivity index (χ1v) is 7.30. The van der Waals surface area contributed by atoms with Gasteiger partial charge in [0, 0.05) is 12.3 Å². The molecule has 2 amide bonds. The fraction of sp³-hybridized carbons (Fsp3) is 0.467. The molecule has 0 aliphatic rings. The van der Waals surface area contributed by atoms with E-state index in [1.54, 1.807) is 0 Å². The first-order valence-electron chi connectivity index (χ1n) is 7.30. The van der Waals surface area contributed by atoms with Gasteiger partial charge in [-0.3, -0.25) is 5.32 Å². The maximum atomic E-state index is 13.5. The lowest BCUT2D eigenvalue weighted by molar-refractivity contribution is -0.282. The van der Waals surface area contributed by atoms with E-state index in [9.17, 15) is 27.2 Å². The highest BCUT2D eigenvalue weighted by atomic mass is 19.4. The first-order chi connectivity index (χ1) is 11.6. The van der Waals surface area contributed by atoms with Crippen LogP contribution in [0.2, 0.25) is 0 Å². The molecule has 0 saturated carbocycles. The van der Waals surface area contributed by atoms with E-state index in [2.05, 4.69) is 14.8 Å². The Kier molecular flexibility index (Phi) is 6.74. The van der Waals surface area contributed by atoms with Crippen LogP contribution in [0.3, 0.4) is 0 Å². The molecule has 1 atom stereocenters. The van der Waals surface area contributed by atoms with E-state index in [0.717, 1.165) is 12.1 Å². The topological polar surface area (TPSA) is 76.7 Å². The largest absolute Gasteiger partial charge is 0.462 e. The lowest BCUT2D eigenvalue weighted by Gasteiger charge is -2.33. The molecular formula is C15H18F4N2O4. The summed E-state index contributed by atoms with van der Waals surface area (Å²) in [4.78, 5) is 23.8. The number of carbonyl (C=O) groups is 2. The van der Waals surface area contributed by atoms with E-state index < -0.39 is 36.3 Å². The third kappa shape index (κ3) is 4.81. The maximum absolute atomic E-state index is 13.5. The number of rotatable bonds is 6. The van der Waals surface area contributed by atoms with Crippen LogP contribution in [0.1, 0.15) is 19.4 Å². The van der Waals surface area contributed by atoms with Crippen molar-refractivity contribution in [1.29, 1.82) is 0 Å². The van der Waals surface area contributed by atoms with Crippen molar-refractivity contribution in [3.05, 3.63) is 29.6 Å². The van der Waals surface area contributed by atoms with Gasteiger partial charge in [-0.2, -0.15) is 13.2 Å². The lowest BCUT2D eigenvalue weighted by Crippen LogP contribution is -2.67. The summed E-state index contributed by atoms with van der Waals surface area (Å²) in [6.45, 7) is 3.16. The fourth-order valence-corrected chi connectivity index (χ4v) is 1.91. The zero-order valence-corrected chi connectivity index (χ0v) is 13.8. The third-order valence-corrected chi connectivity index (χ3v) is 3.06. The summed E-state index contributed by atoms with van der Waals surface area (Å²) in [5.74, 6) is -2.51. The van der Waals surface area contributed by atoms with E-state index in [4.69, 9.17) is 0 Å². The predicted octanol–water partition coefficient (Wildman–Crippen LogP) is 3.11. The number of halogens is 4. The molecule has 1 aromatic rings. The lowest BCUT2D eigenvalue weighted by atomic mass is 10.2. The van der Waals surface area contributed by atoms with Crippen molar-refractivity contribution < 1.29 is 36.6 Å². The SMILES string of the molecule is CCOC(=O)[C@](NC(=O)Nc1cc(F)ccc1C)(OCC)C(F)(F)F. The number of hydrogen-bond acceptors (Lipinski definition) is 4. The molecule has 25 heavy (non-hydrogen) atoms. The molecule has 0 bridgehead atoms. The van der Waals surface area contributed by atoms with Gasteiger partial charge in [-0.05, 0) is 38.5 Å². The second-order valence-corrected chi connectivity index (χ2v) is 4.87. The molecule has 0 spiro atoms. The summed E-state index contributed by atoms with van der Waals surface area (Å²) in [6.07, 6.45) is -5.29. The number of hydrogen-bond donors (Lipinski definition) is 2. The van der Waals surface area contributed by atoms with Gasteiger partial charge in [0.2, 0.25) is 0 Å². The van der Waals surface area contributed by atoms with E-state index >= 15 is 0 Å². The fourth-order valence-electron chi connectivity index (χ4n) is 1.91. The van der Waals surface area contributed by atoms with Gasteiger partial charge in [-0.1, -0.05) is 6.07 Å². The molecule has 0 radical (unpaired) electrons. The van der Waals surface area contributed by atoms with Gasteiger partial charge in [0.1, 0.15) is 5.82 Å². The van der Waals surface area contributed by atoms with Crippen LogP contribution in [0.5, 0.6) is 0 Å². The number of carbonyl (C=O) groups excluding carboxylic acids is 2. The minimum absolute atomic E-state index is 0.0612. The molecule has 0 saturated heterocycles. The number of ether oxygens (including phenoxy) is 2. The third-order valence-electron chi connectivity index (χ3n) is 3.06. The molecule has 0 fully saturated rings. The van der Waals surface area contributed by atoms with Gasteiger partial charge >= 0.3 is 23.9 Å². The zero-order valence-electron chi connectivity index (χ0n) is 13.8. The van der Waals surface area contributed by atoms with Crippen LogP contribution < -0.4 is 10.6 Å². The maximum Gasteiger partial charge on any atom is 0.448 e. The second kappa shape index (κ2) is 8.15. The Bertz CT molecular complexity index is 636. The van der Waals surface area contributed by atoms with Crippen LogP contribution in [0.15, 0.2) is 18.2 Å². The van der Waals surface area contributed by atoms with Gasteiger partial charge in [-0.15, -0.1) is 0 Å². The molecular weight excluding hydrogens is 348 g/mol. The molecule has 0 aromatic heterocycles. The summed E-state index contributed by atoms with van der Waals surface area (Å²) in [6, 6.07) is 1.97. The molecule has 0 heterocycles. The quantitative estimate of drug-likeness (QED) is 0.461. The van der Waals surface area contributed by atoms with Gasteiger partial charge < -0.3 is 14.8 Å². The smallest absolute Gasteiger partial charge is 0.448 e. The molecule has 1 rings (SSSR count). The van der Waals surface area contributed by atoms with Crippen molar-refractivity contribution in [2.24, 2.45) is 0 Å². The number of nitrogens with one attached hydrogen (secondary N) is 2. The molecule has 0 aliphatic heterocycles. The summed E-state index contributed by atoms with van der Waals surface area (Å²) in [5.41, 5.74) is -3.33. The monoisotopic (exact) mass is 366 g/mol. The predicted molar refractivity (Wildman–Crippen MR) is 80.3 cm³/mol. The molecule has 6 nitrogen and oxygen atoms in total. The average Bonchev–Trinajstić information content (AvgIpc) is 2.49. The number of benzene rings is 1. The normalized spacial score (nSPS) is 13.7. The molecule has 1 aromatic carbocycles. The van der Waals surface area contributed by atoms with Crippen molar-refractivity contribution in [2.45, 2.75) is 32.7 Å². The Morgan fingerprint density at radius 3 is 2.32 bits per heavy atom. The number of urea groups is 1. The average molecular weight is 366 g/mol. The highest BCUT2D eigenvalue weighted by Crippen LogP contribution is 2.33. The Balaban J connectivity index is 3.13. The zero-order chi connectivity index (χ0) is 19.3. The molecule has 10 heteroatoms. The first kappa shape index (κ1) is 20.7. The van der Waals surface area contributed by atoms with Crippen molar-refractivity contribution in [1.82, 2.24) is 5.32 Å². The van der Waals surface area contributed by atoms with Gasteiger partial charge in [-0.25, -0.2) is 14.0 Å². The van der Waals surface area contributed by atoms with Crippen LogP contribution >= 0.6 is 0 Å². The van der Waals surface area contributed by atoms with Crippen LogP contribution in [-0.4, -0.2) is 37.1 Å². The minimum Gasteiger partial charge on any atom is -0.462 e. The number of alkyl halides is 3. The highest BCUT2D eigenvalue weighted by molar-refractivity contribution is 5.94. The van der Waals surface area contributed by atoms with E-state index in [1.807, 2.05) is 0 Å². The van der Waals surface area contributed by atoms with E-state index in [1.165, 1.54) is 32.2 Å². The summed E-state index contributed by atoms with van der Waals surface area (Å²) < 4.78 is 62.5. The summed E-state index contributed by atoms with van der Waals surface area (Å²) >= 11 is 0. The summed E-state index contributed by atoms with van der Waals surface area (Å²) in [7, 11) is 0. The van der Waals surface area contributed by atoms with Crippen LogP contribution in [0.4, 0.5) is 28.0 Å². The Hall–Kier alpha value is -2.36. The standard InChI is InChI=1S/C15H18F4N2O4/c1-4-24-12(22)14(25-5-2,15(17,18)19)21-13(23)20-11-8-10(16)7-6-9(11)3/h6-8H,4-5H2,1-3H3,(H2,20,21,23)/t14-/m0/s1.